The van der Waals surface area contributed by atoms with Crippen molar-refractivity contribution in [2.75, 3.05) is 39.4 Å². The van der Waals surface area contributed by atoms with Gasteiger partial charge in [0, 0.05) is 48.4 Å². The number of unbranched alkanes of at least 4 members (excludes halogenated alkanes) is 5. The van der Waals surface area contributed by atoms with Gasteiger partial charge in [-0.3, -0.25) is 0 Å². The Balaban J connectivity index is 0.926. The molecule has 8 heteroatoms. The molecular weight excluding hydrogens is 821 g/mol. The van der Waals surface area contributed by atoms with Crippen LogP contribution in [-0.2, 0) is 0 Å². The van der Waals surface area contributed by atoms with Crippen LogP contribution in [0.5, 0.6) is 23.0 Å². The first-order valence-electron chi connectivity index (χ1n) is 23.7. The Morgan fingerprint density at radius 3 is 0.939 bits per heavy atom. The van der Waals surface area contributed by atoms with Crippen molar-refractivity contribution in [2.45, 2.75) is 66.2 Å². The van der Waals surface area contributed by atoms with Crippen LogP contribution in [0.15, 0.2) is 146 Å². The molecule has 0 aliphatic rings. The summed E-state index contributed by atoms with van der Waals surface area (Å²) in [7, 11) is 0. The van der Waals surface area contributed by atoms with Crippen LogP contribution in [-0.4, -0.2) is 61.4 Å². The highest BCUT2D eigenvalue weighted by Gasteiger charge is 2.24. The molecule has 0 aliphatic carbocycles. The smallest absolute Gasteiger partial charge is 0.415 e. The first-order chi connectivity index (χ1) is 32.4. The summed E-state index contributed by atoms with van der Waals surface area (Å²) in [6.07, 6.45) is 5.33. The third kappa shape index (κ3) is 9.93. The van der Waals surface area contributed by atoms with E-state index in [0.717, 1.165) is 115 Å². The van der Waals surface area contributed by atoms with Gasteiger partial charge in [0.25, 0.3) is 0 Å². The zero-order chi connectivity index (χ0) is 45.8. The fourth-order valence-corrected chi connectivity index (χ4v) is 9.00. The molecular formula is C58H60N2O6. The first-order valence-corrected chi connectivity index (χ1v) is 23.7. The number of nitrogens with zero attached hydrogens (tertiary/aromatic N) is 2. The molecule has 2 amide bonds. The van der Waals surface area contributed by atoms with E-state index >= 15 is 0 Å². The van der Waals surface area contributed by atoms with Crippen LogP contribution >= 0.6 is 0 Å². The van der Waals surface area contributed by atoms with Crippen LogP contribution in [0.1, 0.15) is 66.2 Å². The van der Waals surface area contributed by atoms with Gasteiger partial charge in [0.05, 0.1) is 13.2 Å². The van der Waals surface area contributed by atoms with Crippen LogP contribution in [0.2, 0.25) is 0 Å². The summed E-state index contributed by atoms with van der Waals surface area (Å²) < 4.78 is 25.6. The van der Waals surface area contributed by atoms with Gasteiger partial charge in [-0.05, 0) is 108 Å². The second-order valence-electron chi connectivity index (χ2n) is 16.5. The summed E-state index contributed by atoms with van der Waals surface area (Å²) >= 11 is 0. The number of benzene rings is 8. The maximum Gasteiger partial charge on any atom is 0.415 e. The fraction of sp³-hybridized carbons (Fsp3) is 0.276. The molecule has 8 nitrogen and oxygen atoms in total. The second-order valence-corrected chi connectivity index (χ2v) is 16.5. The van der Waals surface area contributed by atoms with Crippen molar-refractivity contribution in [1.82, 2.24) is 9.80 Å². The Bertz CT molecular complexity index is 2750. The molecule has 0 saturated carbocycles. The summed E-state index contributed by atoms with van der Waals surface area (Å²) in [5.41, 5.74) is 3.57. The largest absolute Gasteiger partial charge is 0.493 e. The maximum atomic E-state index is 13.3. The Kier molecular flexibility index (Phi) is 15.0. The summed E-state index contributed by atoms with van der Waals surface area (Å²) in [5.74, 6) is 2.57. The molecule has 8 aromatic carbocycles. The number of carbonyl (C=O) groups excluding carboxylic acids is 2. The summed E-state index contributed by atoms with van der Waals surface area (Å²) in [6, 6.07) is 49.2. The number of hydrogen-bond acceptors (Lipinski definition) is 6. The molecule has 338 valence electrons. The lowest BCUT2D eigenvalue weighted by molar-refractivity contribution is 0.156. The fourth-order valence-electron chi connectivity index (χ4n) is 9.00. The van der Waals surface area contributed by atoms with E-state index in [0.29, 0.717) is 50.9 Å². The summed E-state index contributed by atoms with van der Waals surface area (Å²) in [6.45, 7) is 11.2. The first kappa shape index (κ1) is 45.5. The van der Waals surface area contributed by atoms with E-state index in [1.165, 1.54) is 0 Å². The van der Waals surface area contributed by atoms with Gasteiger partial charge in [-0.15, -0.1) is 0 Å². The van der Waals surface area contributed by atoms with Gasteiger partial charge in [0.2, 0.25) is 0 Å². The lowest BCUT2D eigenvalue weighted by atomic mass is 9.92. The Hall–Kier alpha value is -7.06. The quantitative estimate of drug-likeness (QED) is 0.0753. The topological polar surface area (TPSA) is 77.5 Å². The van der Waals surface area contributed by atoms with Crippen molar-refractivity contribution < 1.29 is 28.5 Å². The van der Waals surface area contributed by atoms with Crippen LogP contribution in [0.4, 0.5) is 9.59 Å². The number of rotatable bonds is 19. The van der Waals surface area contributed by atoms with Gasteiger partial charge in [0.15, 0.2) is 0 Å². The monoisotopic (exact) mass is 880 g/mol. The van der Waals surface area contributed by atoms with E-state index in [1.54, 1.807) is 9.80 Å². The van der Waals surface area contributed by atoms with Gasteiger partial charge < -0.3 is 28.7 Å². The van der Waals surface area contributed by atoms with Gasteiger partial charge in [-0.1, -0.05) is 147 Å². The van der Waals surface area contributed by atoms with E-state index in [1.807, 2.05) is 100 Å². The maximum absolute atomic E-state index is 13.3. The number of ether oxygens (including phenoxy) is 4. The molecule has 0 radical (unpaired) electrons. The average molecular weight is 881 g/mol. The minimum absolute atomic E-state index is 0.366. The molecule has 0 N–H and O–H groups in total. The molecule has 8 rings (SSSR count). The Labute approximate surface area is 388 Å². The van der Waals surface area contributed by atoms with Crippen LogP contribution in [0.3, 0.4) is 0 Å². The van der Waals surface area contributed by atoms with Crippen molar-refractivity contribution in [1.29, 1.82) is 0 Å². The second kappa shape index (κ2) is 21.7. The third-order valence-electron chi connectivity index (χ3n) is 12.6. The highest BCUT2D eigenvalue weighted by atomic mass is 16.6. The molecule has 8 aromatic rings. The lowest BCUT2D eigenvalue weighted by Gasteiger charge is -2.22. The normalized spacial score (nSPS) is 11.3. The van der Waals surface area contributed by atoms with Crippen molar-refractivity contribution in [3.63, 3.8) is 0 Å². The molecule has 0 fully saturated rings. The van der Waals surface area contributed by atoms with Crippen molar-refractivity contribution in [2.24, 2.45) is 0 Å². The predicted molar refractivity (Wildman–Crippen MR) is 270 cm³/mol. The highest BCUT2D eigenvalue weighted by Crippen LogP contribution is 2.47. The number of carbonyl (C=O) groups is 2. The standard InChI is InChI=1S/C58H60N2O6/c1-5-59(6-2)57(61)65-51-37-33-43-25-15-19-29-47(43)55(51)53-45-27-17-13-23-41(45)31-35-49(53)63-39-21-11-9-10-12-22-40-64-50-36-32-42-24-14-18-28-46(42)54(50)56-48-30-20-16-26-44(48)34-38-52(56)66-58(62)60(7-3)8-4/h13-20,23-38H,5-12,21-22,39-40H2,1-4H3. The molecule has 0 aromatic heterocycles. The summed E-state index contributed by atoms with van der Waals surface area (Å²) in [4.78, 5) is 30.0. The third-order valence-corrected chi connectivity index (χ3v) is 12.6. The Morgan fingerprint density at radius 1 is 0.348 bits per heavy atom. The van der Waals surface area contributed by atoms with Crippen LogP contribution in [0, 0.1) is 0 Å². The minimum atomic E-state index is -0.366. The van der Waals surface area contributed by atoms with Gasteiger partial charge in [-0.2, -0.15) is 0 Å². The SMILES string of the molecule is CCN(CC)C(=O)Oc1ccc2ccccc2c1-c1c(OCCCCCCCCOc2ccc3ccccc3c2-c2c(OC(=O)N(CC)CC)ccc3ccccc23)ccc2ccccc12. The number of hydrogen-bond donors (Lipinski definition) is 0. The number of amides is 2. The van der Waals surface area contributed by atoms with Crippen molar-refractivity contribution >= 4 is 55.3 Å². The molecule has 66 heavy (non-hydrogen) atoms. The van der Waals surface area contributed by atoms with Gasteiger partial charge in [-0.25, -0.2) is 9.59 Å². The zero-order valence-electron chi connectivity index (χ0n) is 38.7. The van der Waals surface area contributed by atoms with E-state index in [2.05, 4.69) is 72.8 Å². The Morgan fingerprint density at radius 2 is 0.621 bits per heavy atom. The molecule has 0 spiro atoms. The van der Waals surface area contributed by atoms with E-state index in [4.69, 9.17) is 18.9 Å². The average Bonchev–Trinajstić information content (AvgIpc) is 3.35. The van der Waals surface area contributed by atoms with Gasteiger partial charge in [0.1, 0.15) is 23.0 Å². The molecule has 0 atom stereocenters. The van der Waals surface area contributed by atoms with Crippen molar-refractivity contribution in [3.8, 4) is 45.3 Å². The van der Waals surface area contributed by atoms with Crippen LogP contribution < -0.4 is 18.9 Å². The number of fused-ring (bicyclic) bond motifs is 4. The van der Waals surface area contributed by atoms with Gasteiger partial charge >= 0.3 is 12.2 Å². The minimum Gasteiger partial charge on any atom is -0.493 e. The van der Waals surface area contributed by atoms with E-state index in [9.17, 15) is 9.59 Å². The zero-order valence-corrected chi connectivity index (χ0v) is 38.7. The summed E-state index contributed by atoms with van der Waals surface area (Å²) in [5, 5.41) is 8.38. The lowest BCUT2D eigenvalue weighted by Crippen LogP contribution is -2.33. The highest BCUT2D eigenvalue weighted by molar-refractivity contribution is 6.11. The molecule has 0 aliphatic heterocycles. The molecule has 0 bridgehead atoms. The van der Waals surface area contributed by atoms with E-state index in [-0.39, 0.29) is 12.2 Å². The molecule has 0 heterocycles. The van der Waals surface area contributed by atoms with E-state index < -0.39 is 0 Å². The molecule has 0 saturated heterocycles. The molecule has 0 unspecified atom stereocenters. The van der Waals surface area contributed by atoms with Crippen LogP contribution in [0.25, 0.3) is 65.3 Å². The predicted octanol–water partition coefficient (Wildman–Crippen LogP) is 15.1. The van der Waals surface area contributed by atoms with Crippen molar-refractivity contribution in [3.05, 3.63) is 146 Å².